The van der Waals surface area contributed by atoms with E-state index in [1.165, 1.54) is 18.3 Å². The van der Waals surface area contributed by atoms with E-state index in [-0.39, 0.29) is 11.4 Å². The second kappa shape index (κ2) is 8.24. The summed E-state index contributed by atoms with van der Waals surface area (Å²) < 4.78 is 1.57. The van der Waals surface area contributed by atoms with Gasteiger partial charge in [-0.25, -0.2) is 5.43 Å². The van der Waals surface area contributed by atoms with Crippen LogP contribution in [0.1, 0.15) is 21.6 Å². The summed E-state index contributed by atoms with van der Waals surface area (Å²) in [5.41, 5.74) is 4.22. The van der Waals surface area contributed by atoms with Crippen LogP contribution in [0.25, 0.3) is 0 Å². The van der Waals surface area contributed by atoms with Gasteiger partial charge in [0, 0.05) is 23.4 Å². The molecular weight excluding hydrogens is 370 g/mol. The minimum Gasteiger partial charge on any atom is -0.268 e. The fraction of sp³-hybridized carbons (Fsp3) is 0.0556. The van der Waals surface area contributed by atoms with Gasteiger partial charge in [0.05, 0.1) is 17.7 Å². The maximum atomic E-state index is 12.1. The molecule has 0 atom stereocenters. The van der Waals surface area contributed by atoms with Gasteiger partial charge in [0.1, 0.15) is 0 Å². The summed E-state index contributed by atoms with van der Waals surface area (Å²) in [4.78, 5) is 22.3. The minimum atomic E-state index is -0.454. The van der Waals surface area contributed by atoms with Crippen molar-refractivity contribution in [3.8, 4) is 0 Å². The highest BCUT2D eigenvalue weighted by Crippen LogP contribution is 2.13. The van der Waals surface area contributed by atoms with Crippen molar-refractivity contribution in [3.05, 3.63) is 92.8 Å². The molecule has 0 fully saturated rings. The van der Waals surface area contributed by atoms with Crippen LogP contribution in [0.3, 0.4) is 0 Å². The van der Waals surface area contributed by atoms with Gasteiger partial charge in [0.2, 0.25) is 0 Å². The molecule has 0 radical (unpaired) electrons. The largest absolute Gasteiger partial charge is 0.291 e. The van der Waals surface area contributed by atoms with Crippen molar-refractivity contribution >= 4 is 29.4 Å². The van der Waals surface area contributed by atoms with Crippen molar-refractivity contribution in [3.63, 3.8) is 0 Å². The molecule has 0 spiro atoms. The maximum absolute atomic E-state index is 12.1. The molecule has 0 saturated carbocycles. The molecule has 0 unspecified atom stereocenters. The molecular formula is C18H14ClN5O3. The van der Waals surface area contributed by atoms with E-state index in [0.29, 0.717) is 11.6 Å². The van der Waals surface area contributed by atoms with Crippen LogP contribution in [0.5, 0.6) is 0 Å². The third-order valence-corrected chi connectivity index (χ3v) is 3.83. The topological polar surface area (TPSA) is 102 Å². The van der Waals surface area contributed by atoms with E-state index in [4.69, 9.17) is 11.6 Å². The molecule has 2 aromatic carbocycles. The smallest absolute Gasteiger partial charge is 0.268 e. The number of nitro groups is 1. The van der Waals surface area contributed by atoms with Gasteiger partial charge in [0.15, 0.2) is 5.69 Å². The van der Waals surface area contributed by atoms with Gasteiger partial charge >= 0.3 is 0 Å². The third-order valence-electron chi connectivity index (χ3n) is 3.59. The lowest BCUT2D eigenvalue weighted by atomic mass is 10.2. The lowest BCUT2D eigenvalue weighted by molar-refractivity contribution is -0.384. The molecule has 136 valence electrons. The molecule has 0 aliphatic rings. The van der Waals surface area contributed by atoms with E-state index in [1.807, 2.05) is 0 Å². The Bertz CT molecular complexity index is 998. The number of rotatable bonds is 6. The Morgan fingerprint density at radius 2 is 2.04 bits per heavy atom. The molecule has 8 nitrogen and oxygen atoms in total. The first-order valence-corrected chi connectivity index (χ1v) is 8.25. The lowest BCUT2D eigenvalue weighted by Gasteiger charge is -2.01. The van der Waals surface area contributed by atoms with Crippen molar-refractivity contribution in [2.75, 3.05) is 0 Å². The van der Waals surface area contributed by atoms with Gasteiger partial charge in [-0.1, -0.05) is 35.9 Å². The summed E-state index contributed by atoms with van der Waals surface area (Å²) in [5.74, 6) is -0.448. The van der Waals surface area contributed by atoms with Crippen LogP contribution in [0, 0.1) is 10.1 Å². The van der Waals surface area contributed by atoms with Crippen LogP contribution in [0.15, 0.2) is 65.9 Å². The quantitative estimate of drug-likeness (QED) is 0.401. The zero-order valence-corrected chi connectivity index (χ0v) is 14.7. The number of hydrazone groups is 1. The molecule has 27 heavy (non-hydrogen) atoms. The van der Waals surface area contributed by atoms with Gasteiger partial charge in [-0.05, 0) is 29.3 Å². The van der Waals surface area contributed by atoms with Crippen molar-refractivity contribution in [2.45, 2.75) is 6.54 Å². The molecule has 0 aliphatic carbocycles. The van der Waals surface area contributed by atoms with Crippen molar-refractivity contribution in [2.24, 2.45) is 5.10 Å². The Hall–Kier alpha value is -3.52. The van der Waals surface area contributed by atoms with E-state index < -0.39 is 10.8 Å². The Morgan fingerprint density at radius 3 is 2.74 bits per heavy atom. The number of nitro benzene ring substituents is 1. The second-order valence-corrected chi connectivity index (χ2v) is 6.01. The maximum Gasteiger partial charge on any atom is 0.291 e. The van der Waals surface area contributed by atoms with Crippen LogP contribution in [-0.4, -0.2) is 26.8 Å². The van der Waals surface area contributed by atoms with Gasteiger partial charge in [-0.3, -0.25) is 19.6 Å². The fourth-order valence-electron chi connectivity index (χ4n) is 2.29. The molecule has 1 heterocycles. The standard InChI is InChI=1S/C18H14ClN5O3/c19-15-3-1-2-14(10-15)11-20-21-18(25)17-8-9-23(22-17)12-13-4-6-16(7-5-13)24(26)27/h1-11H,12H2,(H,21,25)/b20-11+. The van der Waals surface area contributed by atoms with Crippen LogP contribution >= 0.6 is 11.6 Å². The number of amides is 1. The number of hydrogen-bond acceptors (Lipinski definition) is 5. The third kappa shape index (κ3) is 4.99. The highest BCUT2D eigenvalue weighted by Gasteiger charge is 2.09. The molecule has 0 bridgehead atoms. The summed E-state index contributed by atoms with van der Waals surface area (Å²) in [6, 6.07) is 14.8. The first-order valence-electron chi connectivity index (χ1n) is 7.87. The normalized spacial score (nSPS) is 10.9. The van der Waals surface area contributed by atoms with E-state index in [2.05, 4.69) is 15.6 Å². The molecule has 0 saturated heterocycles. The van der Waals surface area contributed by atoms with Crippen molar-refractivity contribution in [1.82, 2.24) is 15.2 Å². The molecule has 0 aliphatic heterocycles. The number of carbonyl (C=O) groups excluding carboxylic acids is 1. The Kier molecular flexibility index (Phi) is 5.58. The Labute approximate surface area is 159 Å². The lowest BCUT2D eigenvalue weighted by Crippen LogP contribution is -2.18. The summed E-state index contributed by atoms with van der Waals surface area (Å²) in [6.07, 6.45) is 3.13. The zero-order valence-electron chi connectivity index (χ0n) is 13.9. The highest BCUT2D eigenvalue weighted by atomic mass is 35.5. The first-order chi connectivity index (χ1) is 13.0. The van der Waals surface area contributed by atoms with E-state index >= 15 is 0 Å². The van der Waals surface area contributed by atoms with Crippen LogP contribution in [0.2, 0.25) is 5.02 Å². The predicted molar refractivity (Wildman–Crippen MR) is 101 cm³/mol. The monoisotopic (exact) mass is 383 g/mol. The SMILES string of the molecule is O=C(N/N=C/c1cccc(Cl)c1)c1ccn(Cc2ccc([N+](=O)[O-])cc2)n1. The van der Waals surface area contributed by atoms with Gasteiger partial charge in [0.25, 0.3) is 11.6 Å². The van der Waals surface area contributed by atoms with E-state index in [1.54, 1.807) is 53.3 Å². The number of aromatic nitrogens is 2. The van der Waals surface area contributed by atoms with E-state index in [0.717, 1.165) is 11.1 Å². The van der Waals surface area contributed by atoms with Crippen LogP contribution in [-0.2, 0) is 6.54 Å². The number of hydrogen-bond donors (Lipinski definition) is 1. The zero-order chi connectivity index (χ0) is 19.2. The molecule has 1 amide bonds. The van der Waals surface area contributed by atoms with Gasteiger partial charge in [-0.15, -0.1) is 0 Å². The van der Waals surface area contributed by atoms with Gasteiger partial charge in [-0.2, -0.15) is 10.2 Å². The average molecular weight is 384 g/mol. The number of non-ortho nitro benzene ring substituents is 1. The molecule has 1 aromatic heterocycles. The Morgan fingerprint density at radius 1 is 1.26 bits per heavy atom. The molecule has 9 heteroatoms. The summed E-state index contributed by atoms with van der Waals surface area (Å²) in [5, 5.41) is 19.3. The van der Waals surface area contributed by atoms with Crippen molar-refractivity contribution in [1.29, 1.82) is 0 Å². The predicted octanol–water partition coefficient (Wildman–Crippen LogP) is 3.26. The fourth-order valence-corrected chi connectivity index (χ4v) is 2.49. The summed E-state index contributed by atoms with van der Waals surface area (Å²) >= 11 is 5.88. The second-order valence-electron chi connectivity index (χ2n) is 5.58. The molecule has 3 rings (SSSR count). The van der Waals surface area contributed by atoms with Gasteiger partial charge < -0.3 is 0 Å². The number of nitrogens with zero attached hydrogens (tertiary/aromatic N) is 4. The minimum absolute atomic E-state index is 0.0249. The number of benzene rings is 2. The van der Waals surface area contributed by atoms with Crippen molar-refractivity contribution < 1.29 is 9.72 Å². The number of carbonyl (C=O) groups is 1. The Balaban J connectivity index is 1.59. The van der Waals surface area contributed by atoms with Crippen LogP contribution in [0.4, 0.5) is 5.69 Å². The van der Waals surface area contributed by atoms with Crippen LogP contribution < -0.4 is 5.43 Å². The summed E-state index contributed by atoms with van der Waals surface area (Å²) in [6.45, 7) is 0.386. The summed E-state index contributed by atoms with van der Waals surface area (Å²) in [7, 11) is 0. The first kappa shape index (κ1) is 18.3. The number of nitrogens with one attached hydrogen (secondary N) is 1. The average Bonchev–Trinajstić information content (AvgIpc) is 3.11. The highest BCUT2D eigenvalue weighted by molar-refractivity contribution is 6.30. The molecule has 3 aromatic rings. The van der Waals surface area contributed by atoms with E-state index in [9.17, 15) is 14.9 Å². The number of halogens is 1. The molecule has 1 N–H and O–H groups in total.